The van der Waals surface area contributed by atoms with Gasteiger partial charge >= 0.3 is 11.9 Å². The maximum atomic E-state index is 12.4. The third-order valence-corrected chi connectivity index (χ3v) is 4.78. The molecule has 0 spiro atoms. The van der Waals surface area contributed by atoms with Crippen molar-refractivity contribution in [1.29, 1.82) is 0 Å². The average Bonchev–Trinajstić information content (AvgIpc) is 3.02. The molecule has 2 aromatic rings. The molecule has 0 fully saturated rings. The molecule has 0 aliphatic carbocycles. The van der Waals surface area contributed by atoms with Crippen molar-refractivity contribution in [3.8, 4) is 0 Å². The molecule has 31 heavy (non-hydrogen) atoms. The monoisotopic (exact) mass is 429 g/mol. The first-order chi connectivity index (χ1) is 14.6. The van der Waals surface area contributed by atoms with Gasteiger partial charge in [0.05, 0.1) is 18.7 Å². The number of aromatic nitrogens is 1. The Morgan fingerprint density at radius 2 is 1.65 bits per heavy atom. The van der Waals surface area contributed by atoms with Gasteiger partial charge in [-0.25, -0.2) is 9.59 Å². The molecule has 2 rings (SSSR count). The van der Waals surface area contributed by atoms with Crippen molar-refractivity contribution in [3.05, 3.63) is 51.8 Å². The third-order valence-electron chi connectivity index (χ3n) is 4.78. The molecule has 1 heterocycles. The van der Waals surface area contributed by atoms with Crippen LogP contribution in [0.3, 0.4) is 0 Å². The molecule has 9 nitrogen and oxygen atoms in total. The van der Waals surface area contributed by atoms with E-state index >= 15 is 0 Å². The summed E-state index contributed by atoms with van der Waals surface area (Å²) in [6.07, 6.45) is 0. The van der Waals surface area contributed by atoms with Crippen molar-refractivity contribution in [2.75, 3.05) is 25.1 Å². The highest BCUT2D eigenvalue weighted by Crippen LogP contribution is 2.20. The number of carbonyl (C=O) groups excluding carboxylic acids is 4. The first-order valence-corrected chi connectivity index (χ1v) is 9.81. The van der Waals surface area contributed by atoms with Crippen molar-refractivity contribution in [2.45, 2.75) is 34.6 Å². The number of hydrogen-bond acceptors (Lipinski definition) is 6. The summed E-state index contributed by atoms with van der Waals surface area (Å²) >= 11 is 0. The lowest BCUT2D eigenvalue weighted by Gasteiger charge is -2.11. The fourth-order valence-corrected chi connectivity index (χ4v) is 2.98. The van der Waals surface area contributed by atoms with Gasteiger partial charge in [0.1, 0.15) is 5.69 Å². The number of anilines is 1. The van der Waals surface area contributed by atoms with E-state index in [9.17, 15) is 19.2 Å². The number of benzene rings is 1. The summed E-state index contributed by atoms with van der Waals surface area (Å²) in [4.78, 5) is 51.2. The average molecular weight is 429 g/mol. The number of aryl methyl sites for hydroxylation is 2. The van der Waals surface area contributed by atoms with Crippen LogP contribution >= 0.6 is 0 Å². The van der Waals surface area contributed by atoms with Crippen molar-refractivity contribution in [1.82, 2.24) is 10.3 Å². The molecule has 0 radical (unpaired) electrons. The smallest absolute Gasteiger partial charge is 0.355 e. The summed E-state index contributed by atoms with van der Waals surface area (Å²) in [6, 6.07) is 5.54. The first-order valence-electron chi connectivity index (χ1n) is 9.81. The van der Waals surface area contributed by atoms with Crippen molar-refractivity contribution in [3.63, 3.8) is 0 Å². The largest absolute Gasteiger partial charge is 0.461 e. The number of H-pyrrole nitrogens is 1. The van der Waals surface area contributed by atoms with Crippen molar-refractivity contribution < 1.29 is 28.7 Å². The second-order valence-corrected chi connectivity index (χ2v) is 6.99. The summed E-state index contributed by atoms with van der Waals surface area (Å²) in [5.74, 6) is -2.35. The Kier molecular flexibility index (Phi) is 7.95. The van der Waals surface area contributed by atoms with Crippen molar-refractivity contribution >= 4 is 29.4 Å². The Morgan fingerprint density at radius 3 is 2.32 bits per heavy atom. The Labute approximate surface area is 180 Å². The lowest BCUT2D eigenvalue weighted by molar-refractivity contribution is -0.126. The lowest BCUT2D eigenvalue weighted by atomic mass is 10.1. The molecule has 9 heteroatoms. The van der Waals surface area contributed by atoms with E-state index in [1.807, 2.05) is 26.0 Å². The van der Waals surface area contributed by atoms with Gasteiger partial charge in [-0.2, -0.15) is 0 Å². The van der Waals surface area contributed by atoms with Gasteiger partial charge in [-0.05, 0) is 57.4 Å². The van der Waals surface area contributed by atoms with Gasteiger partial charge in [-0.1, -0.05) is 12.1 Å². The summed E-state index contributed by atoms with van der Waals surface area (Å²) < 4.78 is 9.98. The molecule has 0 bridgehead atoms. The highest BCUT2D eigenvalue weighted by molar-refractivity contribution is 5.99. The number of aromatic amines is 1. The lowest BCUT2D eigenvalue weighted by Crippen LogP contribution is -2.35. The molecule has 1 aromatic carbocycles. The van der Waals surface area contributed by atoms with E-state index in [1.165, 1.54) is 0 Å². The fraction of sp³-hybridized carbons (Fsp3) is 0.364. The number of nitrogens with one attached hydrogen (secondary N) is 3. The molecule has 166 valence electrons. The van der Waals surface area contributed by atoms with Gasteiger partial charge in [0.2, 0.25) is 5.91 Å². The zero-order valence-electron chi connectivity index (χ0n) is 18.3. The van der Waals surface area contributed by atoms with E-state index in [1.54, 1.807) is 26.8 Å². The van der Waals surface area contributed by atoms with Crippen LogP contribution in [0, 0.1) is 27.7 Å². The quantitative estimate of drug-likeness (QED) is 0.553. The molecule has 0 saturated heterocycles. The number of ether oxygens (including phenoxy) is 2. The van der Waals surface area contributed by atoms with Gasteiger partial charge in [0, 0.05) is 11.4 Å². The number of esters is 2. The molecule has 0 saturated carbocycles. The minimum Gasteiger partial charge on any atom is -0.461 e. The van der Waals surface area contributed by atoms with Crippen LogP contribution in [0.2, 0.25) is 0 Å². The van der Waals surface area contributed by atoms with Crippen LogP contribution in [-0.4, -0.2) is 48.5 Å². The minimum absolute atomic E-state index is 0.166. The summed E-state index contributed by atoms with van der Waals surface area (Å²) in [7, 11) is 0. The highest BCUT2D eigenvalue weighted by atomic mass is 16.5. The van der Waals surface area contributed by atoms with Crippen LogP contribution in [0.1, 0.15) is 50.2 Å². The van der Waals surface area contributed by atoms with Gasteiger partial charge in [-0.3, -0.25) is 9.59 Å². The second kappa shape index (κ2) is 10.4. The molecule has 2 amide bonds. The van der Waals surface area contributed by atoms with Crippen molar-refractivity contribution in [2.24, 2.45) is 0 Å². The third kappa shape index (κ3) is 5.94. The molecule has 0 atom stereocenters. The van der Waals surface area contributed by atoms with E-state index in [0.717, 1.165) is 11.1 Å². The van der Waals surface area contributed by atoms with Crippen LogP contribution in [0.5, 0.6) is 0 Å². The van der Waals surface area contributed by atoms with Gasteiger partial charge in [0.25, 0.3) is 5.91 Å². The highest BCUT2D eigenvalue weighted by Gasteiger charge is 2.24. The Morgan fingerprint density at radius 1 is 0.935 bits per heavy atom. The van der Waals surface area contributed by atoms with E-state index < -0.39 is 30.4 Å². The molecule has 0 aliphatic rings. The molecular weight excluding hydrogens is 402 g/mol. The number of amides is 2. The van der Waals surface area contributed by atoms with Crippen LogP contribution in [0.25, 0.3) is 0 Å². The Bertz CT molecular complexity index is 1010. The van der Waals surface area contributed by atoms with E-state index in [2.05, 4.69) is 15.6 Å². The Hall–Kier alpha value is -3.62. The summed E-state index contributed by atoms with van der Waals surface area (Å²) in [5.41, 5.74) is 3.79. The molecule has 3 N–H and O–H groups in total. The molecule has 0 aliphatic heterocycles. The van der Waals surface area contributed by atoms with Gasteiger partial charge in [0.15, 0.2) is 6.61 Å². The molecule has 1 aromatic heterocycles. The number of carbonyl (C=O) groups is 4. The van der Waals surface area contributed by atoms with Crippen LogP contribution in [0.15, 0.2) is 18.2 Å². The second-order valence-electron chi connectivity index (χ2n) is 6.99. The maximum absolute atomic E-state index is 12.4. The van der Waals surface area contributed by atoms with Crippen LogP contribution in [0.4, 0.5) is 5.69 Å². The number of rotatable bonds is 8. The molecular formula is C22H27N3O6. The SMILES string of the molecule is CCOC(=O)c1[nH]c(C)c(C(=O)OCC(=O)NCC(=O)Nc2cccc(C)c2C)c1C. The number of hydrogen-bond donors (Lipinski definition) is 3. The zero-order valence-corrected chi connectivity index (χ0v) is 18.3. The standard InChI is InChI=1S/C22H27N3O6/c1-6-30-22(29)20-14(4)19(15(5)24-20)21(28)31-11-18(27)23-10-17(26)25-16-9-7-8-12(2)13(16)3/h7-9,24H,6,10-11H2,1-5H3,(H,23,27)(H,25,26). The summed E-state index contributed by atoms with van der Waals surface area (Å²) in [6.45, 7) is 8.08. The van der Waals surface area contributed by atoms with Crippen LogP contribution < -0.4 is 10.6 Å². The zero-order chi connectivity index (χ0) is 23.1. The van der Waals surface area contributed by atoms with E-state index in [-0.39, 0.29) is 24.4 Å². The topological polar surface area (TPSA) is 127 Å². The summed E-state index contributed by atoms with van der Waals surface area (Å²) in [5, 5.41) is 5.13. The first kappa shape index (κ1) is 23.7. The molecule has 0 unspecified atom stereocenters. The van der Waals surface area contributed by atoms with Gasteiger partial charge < -0.3 is 25.1 Å². The van der Waals surface area contributed by atoms with E-state index in [4.69, 9.17) is 9.47 Å². The Balaban J connectivity index is 1.87. The maximum Gasteiger partial charge on any atom is 0.355 e. The normalized spacial score (nSPS) is 10.4. The predicted octanol–water partition coefficient (Wildman–Crippen LogP) is 2.34. The fourth-order valence-electron chi connectivity index (χ4n) is 2.98. The predicted molar refractivity (Wildman–Crippen MR) is 114 cm³/mol. The van der Waals surface area contributed by atoms with E-state index in [0.29, 0.717) is 16.9 Å². The minimum atomic E-state index is -0.753. The van der Waals surface area contributed by atoms with Crippen LogP contribution in [-0.2, 0) is 19.1 Å². The van der Waals surface area contributed by atoms with Gasteiger partial charge in [-0.15, -0.1) is 0 Å².